The zero-order valence-electron chi connectivity index (χ0n) is 12.4. The fourth-order valence-electron chi connectivity index (χ4n) is 1.83. The van der Waals surface area contributed by atoms with Gasteiger partial charge >= 0.3 is 4.45 Å². The average Bonchev–Trinajstić information content (AvgIpc) is 2.47. The van der Waals surface area contributed by atoms with Gasteiger partial charge in [0.05, 0.1) is 6.61 Å². The molecule has 8 heteroatoms. The fourth-order valence-corrected chi connectivity index (χ4v) is 2.14. The van der Waals surface area contributed by atoms with Crippen LogP contribution in [0, 0.1) is 10.1 Å². The Morgan fingerprint density at radius 3 is 2.33 bits per heavy atom. The fraction of sp³-hybridized carbons (Fsp3) is 1.00. The van der Waals surface area contributed by atoms with Gasteiger partial charge in [-0.2, -0.15) is 0 Å². The number of nitro groups is 1. The van der Waals surface area contributed by atoms with E-state index in [0.717, 1.165) is 19.3 Å². The molecule has 0 spiro atoms. The molecular weight excluding hydrogens is 346 g/mol. The molecule has 0 aliphatic carbocycles. The number of halogens is 1. The summed E-state index contributed by atoms with van der Waals surface area (Å²) < 4.78 is 3.04. The molecule has 21 heavy (non-hydrogen) atoms. The van der Waals surface area contributed by atoms with E-state index in [9.17, 15) is 20.3 Å². The molecule has 0 aliphatic rings. The van der Waals surface area contributed by atoms with Crippen LogP contribution in [0.5, 0.6) is 0 Å². The molecule has 0 saturated carbocycles. The quantitative estimate of drug-likeness (QED) is 0.148. The molecule has 0 rings (SSSR count). The molecular formula is C13H26BrNO6. The number of alkyl halides is 1. The number of hydrogen-bond acceptors (Lipinski definition) is 6. The molecule has 0 aromatic rings. The molecule has 3 N–H and O–H groups in total. The van der Waals surface area contributed by atoms with Crippen LogP contribution in [-0.2, 0) is 4.74 Å². The van der Waals surface area contributed by atoms with Crippen molar-refractivity contribution in [1.82, 2.24) is 0 Å². The maximum Gasteiger partial charge on any atom is 0.324 e. The van der Waals surface area contributed by atoms with Crippen LogP contribution in [0.2, 0.25) is 0 Å². The summed E-state index contributed by atoms with van der Waals surface area (Å²) in [6, 6.07) is 0. The highest BCUT2D eigenvalue weighted by atomic mass is 79.9. The van der Waals surface area contributed by atoms with E-state index in [4.69, 9.17) is 9.84 Å². The first-order valence-corrected chi connectivity index (χ1v) is 8.07. The lowest BCUT2D eigenvalue weighted by Crippen LogP contribution is -2.53. The number of ether oxygens (including phenoxy) is 1. The molecule has 3 atom stereocenters. The van der Waals surface area contributed by atoms with Gasteiger partial charge < -0.3 is 20.1 Å². The molecule has 3 unspecified atom stereocenters. The Labute approximate surface area is 133 Å². The van der Waals surface area contributed by atoms with E-state index in [1.54, 1.807) is 0 Å². The van der Waals surface area contributed by atoms with Crippen molar-refractivity contribution in [2.45, 2.75) is 62.1 Å². The summed E-state index contributed by atoms with van der Waals surface area (Å²) >= 11 is 2.66. The van der Waals surface area contributed by atoms with Gasteiger partial charge in [0, 0.05) is 27.5 Å². The summed E-state index contributed by atoms with van der Waals surface area (Å²) in [5, 5.41) is 39.2. The minimum atomic E-state index is -2.17. The summed E-state index contributed by atoms with van der Waals surface area (Å²) in [5.41, 5.74) is 0. The van der Waals surface area contributed by atoms with Crippen LogP contribution in [0.1, 0.15) is 45.4 Å². The van der Waals surface area contributed by atoms with Crippen molar-refractivity contribution >= 4 is 15.9 Å². The number of hydrogen-bond donors (Lipinski definition) is 3. The summed E-state index contributed by atoms with van der Waals surface area (Å²) in [6.45, 7) is 1.44. The van der Waals surface area contributed by atoms with Crippen molar-refractivity contribution < 1.29 is 25.0 Å². The number of rotatable bonds is 13. The van der Waals surface area contributed by atoms with Crippen molar-refractivity contribution in [3.8, 4) is 0 Å². The third-order valence-corrected chi connectivity index (χ3v) is 4.28. The monoisotopic (exact) mass is 371 g/mol. The Balaban J connectivity index is 3.88. The van der Waals surface area contributed by atoms with Gasteiger partial charge in [-0.1, -0.05) is 39.0 Å². The van der Waals surface area contributed by atoms with Gasteiger partial charge in [0.2, 0.25) is 0 Å². The lowest BCUT2D eigenvalue weighted by atomic mass is 10.1. The van der Waals surface area contributed by atoms with Gasteiger partial charge in [-0.15, -0.1) is 0 Å². The predicted octanol–water partition coefficient (Wildman–Crippen LogP) is 1.45. The second kappa shape index (κ2) is 11.3. The number of nitrogens with zero attached hydrogens (tertiary/aromatic N) is 1. The standard InChI is InChI=1S/C13H26BrNO6/c1-2-3-4-5-6-7-8-21-9-11(17)12(18)13(14,10-16)15(19)20/h11-12,16-18H,2-10H2,1H3. The molecule has 0 bridgehead atoms. The van der Waals surface area contributed by atoms with Gasteiger partial charge in [-0.3, -0.25) is 10.1 Å². The van der Waals surface area contributed by atoms with Crippen molar-refractivity contribution in [2.75, 3.05) is 19.8 Å². The molecule has 0 radical (unpaired) electrons. The Morgan fingerprint density at radius 1 is 1.24 bits per heavy atom. The first-order chi connectivity index (χ1) is 9.90. The summed E-state index contributed by atoms with van der Waals surface area (Å²) in [6.07, 6.45) is 3.43. The van der Waals surface area contributed by atoms with Crippen molar-refractivity contribution in [1.29, 1.82) is 0 Å². The van der Waals surface area contributed by atoms with E-state index in [1.807, 2.05) is 0 Å². The topological polar surface area (TPSA) is 113 Å². The molecule has 0 fully saturated rings. The van der Waals surface area contributed by atoms with Crippen LogP contribution >= 0.6 is 15.9 Å². The minimum Gasteiger partial charge on any atom is -0.388 e. The van der Waals surface area contributed by atoms with Crippen LogP contribution in [0.3, 0.4) is 0 Å². The van der Waals surface area contributed by atoms with E-state index < -0.39 is 28.2 Å². The van der Waals surface area contributed by atoms with Gasteiger partial charge in [0.25, 0.3) is 0 Å². The number of unbranched alkanes of at least 4 members (excludes halogenated alkanes) is 5. The molecule has 0 aromatic carbocycles. The first kappa shape index (κ1) is 20.7. The van der Waals surface area contributed by atoms with Crippen molar-refractivity contribution in [3.63, 3.8) is 0 Å². The predicted molar refractivity (Wildman–Crippen MR) is 81.9 cm³/mol. The zero-order chi connectivity index (χ0) is 16.3. The Kier molecular flexibility index (Phi) is 11.2. The molecule has 126 valence electrons. The summed E-state index contributed by atoms with van der Waals surface area (Å²) in [4.78, 5) is 9.92. The molecule has 7 nitrogen and oxygen atoms in total. The van der Waals surface area contributed by atoms with Gasteiger partial charge in [-0.05, 0) is 6.42 Å². The Bertz CT molecular complexity index is 294. The molecule has 0 aliphatic heterocycles. The zero-order valence-corrected chi connectivity index (χ0v) is 14.0. The first-order valence-electron chi connectivity index (χ1n) is 7.28. The highest BCUT2D eigenvalue weighted by Gasteiger charge is 2.50. The number of aliphatic hydroxyl groups excluding tert-OH is 3. The van der Waals surface area contributed by atoms with Gasteiger partial charge in [0.15, 0.2) is 6.10 Å². The highest BCUT2D eigenvalue weighted by molar-refractivity contribution is 9.10. The minimum absolute atomic E-state index is 0.211. The summed E-state index contributed by atoms with van der Waals surface area (Å²) in [7, 11) is 0. The SMILES string of the molecule is CCCCCCCCOCC(O)C(O)C(Br)(CO)[N+](=O)[O-]. The van der Waals surface area contributed by atoms with E-state index in [1.165, 1.54) is 19.3 Å². The van der Waals surface area contributed by atoms with E-state index in [2.05, 4.69) is 22.9 Å². The number of aliphatic hydroxyl groups is 3. The molecule has 0 aromatic heterocycles. The maximum atomic E-state index is 10.8. The lowest BCUT2D eigenvalue weighted by molar-refractivity contribution is -0.553. The molecule has 0 heterocycles. The van der Waals surface area contributed by atoms with Crippen LogP contribution in [0.15, 0.2) is 0 Å². The van der Waals surface area contributed by atoms with Crippen LogP contribution in [0.25, 0.3) is 0 Å². The highest BCUT2D eigenvalue weighted by Crippen LogP contribution is 2.25. The van der Waals surface area contributed by atoms with E-state index >= 15 is 0 Å². The maximum absolute atomic E-state index is 10.8. The Hall–Kier alpha value is -0.280. The van der Waals surface area contributed by atoms with E-state index in [-0.39, 0.29) is 6.61 Å². The second-order valence-corrected chi connectivity index (χ2v) is 6.46. The van der Waals surface area contributed by atoms with Crippen LogP contribution in [-0.4, -0.2) is 56.7 Å². The summed E-state index contributed by atoms with van der Waals surface area (Å²) in [5.74, 6) is 0. The third-order valence-electron chi connectivity index (χ3n) is 3.27. The second-order valence-electron chi connectivity index (χ2n) is 5.09. The lowest BCUT2D eigenvalue weighted by Gasteiger charge is -2.26. The van der Waals surface area contributed by atoms with Crippen molar-refractivity contribution in [3.05, 3.63) is 10.1 Å². The Morgan fingerprint density at radius 2 is 1.81 bits per heavy atom. The van der Waals surface area contributed by atoms with Crippen LogP contribution < -0.4 is 0 Å². The van der Waals surface area contributed by atoms with Gasteiger partial charge in [-0.25, -0.2) is 0 Å². The van der Waals surface area contributed by atoms with Crippen LogP contribution in [0.4, 0.5) is 0 Å². The largest absolute Gasteiger partial charge is 0.388 e. The normalized spacial score (nSPS) is 17.2. The average molecular weight is 372 g/mol. The van der Waals surface area contributed by atoms with E-state index in [0.29, 0.717) is 6.61 Å². The molecule has 0 amide bonds. The smallest absolute Gasteiger partial charge is 0.324 e. The van der Waals surface area contributed by atoms with Crippen molar-refractivity contribution in [2.24, 2.45) is 0 Å². The molecule has 0 saturated heterocycles. The third kappa shape index (κ3) is 7.51. The van der Waals surface area contributed by atoms with Gasteiger partial charge in [0.1, 0.15) is 12.7 Å².